The number of hydrogen-bond acceptors (Lipinski definition) is 4. The molecule has 0 atom stereocenters. The van der Waals surface area contributed by atoms with Gasteiger partial charge in [-0.05, 0) is 57.2 Å². The summed E-state index contributed by atoms with van der Waals surface area (Å²) in [5.41, 5.74) is 0. The van der Waals surface area contributed by atoms with Crippen LogP contribution in [0.5, 0.6) is 0 Å². The monoisotopic (exact) mass is 351 g/mol. The third-order valence-electron chi connectivity index (χ3n) is 4.33. The van der Waals surface area contributed by atoms with E-state index in [9.17, 15) is 9.59 Å². The van der Waals surface area contributed by atoms with Gasteiger partial charge in [0, 0.05) is 32.8 Å². The molecule has 2 amide bonds. The van der Waals surface area contributed by atoms with E-state index in [1.54, 1.807) is 0 Å². The van der Waals surface area contributed by atoms with E-state index in [4.69, 9.17) is 4.74 Å². The second kappa shape index (κ2) is 13.6. The first kappa shape index (κ1) is 21.4. The molecule has 2 N–H and O–H groups in total. The first-order valence-electron chi connectivity index (χ1n) is 9.30. The van der Waals surface area contributed by atoms with Crippen LogP contribution in [0.3, 0.4) is 0 Å². The summed E-state index contributed by atoms with van der Waals surface area (Å²) in [6, 6.07) is 0. The molecule has 0 spiro atoms. The van der Waals surface area contributed by atoms with Gasteiger partial charge in [0.2, 0.25) is 11.8 Å². The SMILES string of the molecule is C=CC(=O)NCCCCOC1CCN(CCCCNC(=O)C=C)CC1. The number of carbonyl (C=O) groups is 2. The highest BCUT2D eigenvalue weighted by molar-refractivity contribution is 5.87. The van der Waals surface area contributed by atoms with Gasteiger partial charge in [0.25, 0.3) is 0 Å². The van der Waals surface area contributed by atoms with Crippen molar-refractivity contribution in [3.8, 4) is 0 Å². The van der Waals surface area contributed by atoms with Crippen LogP contribution in [0.4, 0.5) is 0 Å². The minimum atomic E-state index is -0.114. The van der Waals surface area contributed by atoms with Crippen LogP contribution in [-0.2, 0) is 14.3 Å². The van der Waals surface area contributed by atoms with E-state index in [1.165, 1.54) is 12.2 Å². The molecular formula is C19H33N3O3. The van der Waals surface area contributed by atoms with Crippen molar-refractivity contribution in [3.05, 3.63) is 25.3 Å². The van der Waals surface area contributed by atoms with Crippen LogP contribution in [-0.4, -0.2) is 62.1 Å². The standard InChI is InChI=1S/C19H33N3O3/c1-3-18(23)20-11-5-7-13-22-14-9-17(10-15-22)25-16-8-6-12-21-19(24)4-2/h3-4,17H,1-2,5-16H2,(H,20,23)(H,21,24). The molecule has 0 aromatic heterocycles. The molecule has 142 valence electrons. The molecule has 1 aliphatic heterocycles. The summed E-state index contributed by atoms with van der Waals surface area (Å²) in [7, 11) is 0. The number of rotatable bonds is 13. The predicted octanol–water partition coefficient (Wildman–Crippen LogP) is 1.63. The zero-order valence-electron chi connectivity index (χ0n) is 15.3. The summed E-state index contributed by atoms with van der Waals surface area (Å²) in [4.78, 5) is 24.5. The van der Waals surface area contributed by atoms with E-state index < -0.39 is 0 Å². The van der Waals surface area contributed by atoms with E-state index in [0.29, 0.717) is 12.6 Å². The van der Waals surface area contributed by atoms with Crippen LogP contribution in [0.1, 0.15) is 38.5 Å². The molecule has 6 heteroatoms. The molecule has 1 rings (SSSR count). The van der Waals surface area contributed by atoms with Crippen LogP contribution >= 0.6 is 0 Å². The van der Waals surface area contributed by atoms with E-state index >= 15 is 0 Å². The third kappa shape index (κ3) is 10.7. The number of ether oxygens (including phenoxy) is 1. The Morgan fingerprint density at radius 1 is 0.960 bits per heavy atom. The molecule has 0 bridgehead atoms. The van der Waals surface area contributed by atoms with Crippen LogP contribution in [0.15, 0.2) is 25.3 Å². The van der Waals surface area contributed by atoms with Crippen molar-refractivity contribution in [2.24, 2.45) is 0 Å². The molecular weight excluding hydrogens is 318 g/mol. The van der Waals surface area contributed by atoms with Gasteiger partial charge < -0.3 is 20.3 Å². The molecule has 0 unspecified atom stereocenters. The van der Waals surface area contributed by atoms with E-state index in [2.05, 4.69) is 28.7 Å². The molecule has 1 saturated heterocycles. The van der Waals surface area contributed by atoms with Crippen molar-refractivity contribution < 1.29 is 14.3 Å². The predicted molar refractivity (Wildman–Crippen MR) is 100 cm³/mol. The maximum absolute atomic E-state index is 11.0. The Hall–Kier alpha value is -1.66. The second-order valence-electron chi connectivity index (χ2n) is 6.32. The number of carbonyl (C=O) groups excluding carboxylic acids is 2. The molecule has 6 nitrogen and oxygen atoms in total. The Morgan fingerprint density at radius 2 is 1.52 bits per heavy atom. The lowest BCUT2D eigenvalue weighted by Crippen LogP contribution is -2.38. The lowest BCUT2D eigenvalue weighted by atomic mass is 10.1. The molecule has 25 heavy (non-hydrogen) atoms. The summed E-state index contributed by atoms with van der Waals surface area (Å²) in [5, 5.41) is 5.57. The topological polar surface area (TPSA) is 70.7 Å². The fraction of sp³-hybridized carbons (Fsp3) is 0.684. The van der Waals surface area contributed by atoms with Gasteiger partial charge in [0.05, 0.1) is 6.10 Å². The molecule has 1 heterocycles. The second-order valence-corrected chi connectivity index (χ2v) is 6.32. The Morgan fingerprint density at radius 3 is 2.08 bits per heavy atom. The van der Waals surface area contributed by atoms with Crippen molar-refractivity contribution in [1.82, 2.24) is 15.5 Å². The highest BCUT2D eigenvalue weighted by atomic mass is 16.5. The fourth-order valence-corrected chi connectivity index (χ4v) is 2.80. The van der Waals surface area contributed by atoms with Crippen molar-refractivity contribution in [1.29, 1.82) is 0 Å². The van der Waals surface area contributed by atoms with E-state index in [-0.39, 0.29) is 11.8 Å². The Bertz CT molecular complexity index is 418. The minimum absolute atomic E-state index is 0.0963. The zero-order chi connectivity index (χ0) is 18.3. The number of likely N-dealkylation sites (tertiary alicyclic amines) is 1. The summed E-state index contributed by atoms with van der Waals surface area (Å²) in [6.45, 7) is 12.3. The average Bonchev–Trinajstić information content (AvgIpc) is 2.64. The van der Waals surface area contributed by atoms with Crippen molar-refractivity contribution in [2.45, 2.75) is 44.6 Å². The molecule has 1 aliphatic rings. The maximum atomic E-state index is 11.0. The summed E-state index contributed by atoms with van der Waals surface area (Å²) in [6.07, 6.45) is 9.13. The van der Waals surface area contributed by atoms with Gasteiger partial charge >= 0.3 is 0 Å². The highest BCUT2D eigenvalue weighted by Gasteiger charge is 2.18. The van der Waals surface area contributed by atoms with Gasteiger partial charge in [-0.15, -0.1) is 0 Å². The Labute approximate surface area is 151 Å². The normalized spacial score (nSPS) is 15.5. The van der Waals surface area contributed by atoms with Crippen LogP contribution in [0.25, 0.3) is 0 Å². The van der Waals surface area contributed by atoms with Gasteiger partial charge in [-0.1, -0.05) is 13.2 Å². The van der Waals surface area contributed by atoms with E-state index in [0.717, 1.165) is 71.3 Å². The first-order chi connectivity index (χ1) is 12.2. The molecule has 0 radical (unpaired) electrons. The number of unbranched alkanes of at least 4 members (excludes halogenated alkanes) is 2. The third-order valence-corrected chi connectivity index (χ3v) is 4.33. The molecule has 0 aliphatic carbocycles. The quantitative estimate of drug-likeness (QED) is 0.391. The molecule has 1 fully saturated rings. The zero-order valence-corrected chi connectivity index (χ0v) is 15.3. The number of amides is 2. The highest BCUT2D eigenvalue weighted by Crippen LogP contribution is 2.14. The lowest BCUT2D eigenvalue weighted by molar-refractivity contribution is -0.117. The summed E-state index contributed by atoms with van der Waals surface area (Å²) >= 11 is 0. The first-order valence-corrected chi connectivity index (χ1v) is 9.30. The molecule has 0 aromatic rings. The average molecular weight is 351 g/mol. The summed E-state index contributed by atoms with van der Waals surface area (Å²) < 4.78 is 5.93. The minimum Gasteiger partial charge on any atom is -0.378 e. The molecule has 0 aromatic carbocycles. The van der Waals surface area contributed by atoms with Crippen LogP contribution in [0.2, 0.25) is 0 Å². The van der Waals surface area contributed by atoms with Gasteiger partial charge in [-0.3, -0.25) is 9.59 Å². The van der Waals surface area contributed by atoms with E-state index in [1.807, 2.05) is 0 Å². The smallest absolute Gasteiger partial charge is 0.243 e. The van der Waals surface area contributed by atoms with Crippen molar-refractivity contribution >= 4 is 11.8 Å². The fourth-order valence-electron chi connectivity index (χ4n) is 2.80. The molecule has 0 saturated carbocycles. The van der Waals surface area contributed by atoms with Crippen molar-refractivity contribution in [3.63, 3.8) is 0 Å². The van der Waals surface area contributed by atoms with Gasteiger partial charge in [0.15, 0.2) is 0 Å². The number of piperidine rings is 1. The summed E-state index contributed by atoms with van der Waals surface area (Å²) in [5.74, 6) is -0.211. The Kier molecular flexibility index (Phi) is 11.6. The van der Waals surface area contributed by atoms with Crippen LogP contribution < -0.4 is 10.6 Å². The maximum Gasteiger partial charge on any atom is 0.243 e. The van der Waals surface area contributed by atoms with Crippen LogP contribution in [0, 0.1) is 0 Å². The van der Waals surface area contributed by atoms with Gasteiger partial charge in [0.1, 0.15) is 0 Å². The van der Waals surface area contributed by atoms with Gasteiger partial charge in [-0.25, -0.2) is 0 Å². The number of nitrogens with zero attached hydrogens (tertiary/aromatic N) is 1. The van der Waals surface area contributed by atoms with Gasteiger partial charge in [-0.2, -0.15) is 0 Å². The van der Waals surface area contributed by atoms with Crippen molar-refractivity contribution in [2.75, 3.05) is 39.3 Å². The lowest BCUT2D eigenvalue weighted by Gasteiger charge is -2.31. The Balaban J connectivity index is 1.93. The number of nitrogens with one attached hydrogen (secondary N) is 2. The largest absolute Gasteiger partial charge is 0.378 e. The number of hydrogen-bond donors (Lipinski definition) is 2.